The lowest BCUT2D eigenvalue weighted by atomic mass is 10.1. The maximum absolute atomic E-state index is 5.96. The number of hydrogen-bond donors (Lipinski definition) is 2. The third-order valence-corrected chi connectivity index (χ3v) is 5.08. The lowest BCUT2D eigenvalue weighted by molar-refractivity contribution is 0.530. The third kappa shape index (κ3) is 5.99. The highest BCUT2D eigenvalue weighted by atomic mass is 127. The molecule has 0 bridgehead atoms. The Morgan fingerprint density at radius 2 is 1.83 bits per heavy atom. The van der Waals surface area contributed by atoms with Gasteiger partial charge in [-0.3, -0.25) is 4.99 Å². The number of halogens is 1. The molecule has 106 valence electrons. The van der Waals surface area contributed by atoms with Crippen molar-refractivity contribution in [2.75, 3.05) is 12.3 Å². The summed E-state index contributed by atoms with van der Waals surface area (Å²) in [7, 11) is 0. The van der Waals surface area contributed by atoms with Crippen molar-refractivity contribution in [2.24, 2.45) is 10.7 Å². The lowest BCUT2D eigenvalue weighted by Gasteiger charge is -2.17. The summed E-state index contributed by atoms with van der Waals surface area (Å²) < 4.78 is 0. The Morgan fingerprint density at radius 1 is 1.11 bits per heavy atom. The molecule has 0 aromatic rings. The molecule has 0 spiro atoms. The number of guanidine groups is 1. The number of aliphatic imine (C=N–C) groups is 1. The van der Waals surface area contributed by atoms with Crippen molar-refractivity contribution >= 4 is 41.7 Å². The van der Waals surface area contributed by atoms with Gasteiger partial charge in [0.1, 0.15) is 0 Å². The molecule has 3 nitrogen and oxygen atoms in total. The van der Waals surface area contributed by atoms with Crippen LogP contribution < -0.4 is 11.1 Å². The van der Waals surface area contributed by atoms with Crippen LogP contribution in [-0.4, -0.2) is 29.5 Å². The van der Waals surface area contributed by atoms with E-state index in [-0.39, 0.29) is 24.0 Å². The molecule has 1 unspecified atom stereocenters. The minimum absolute atomic E-state index is 0. The molecule has 1 saturated heterocycles. The Hall–Kier alpha value is 0.350. The molecule has 0 amide bonds. The van der Waals surface area contributed by atoms with E-state index in [9.17, 15) is 0 Å². The first-order valence-electron chi connectivity index (χ1n) is 7.02. The number of hydrogen-bond acceptors (Lipinski definition) is 2. The lowest BCUT2D eigenvalue weighted by Crippen LogP contribution is -2.40. The van der Waals surface area contributed by atoms with Crippen LogP contribution in [0, 0.1) is 0 Å². The second-order valence-corrected chi connectivity index (χ2v) is 6.60. The van der Waals surface area contributed by atoms with E-state index in [0.717, 1.165) is 6.54 Å². The minimum Gasteiger partial charge on any atom is -0.370 e. The molecule has 0 aromatic carbocycles. The Bertz CT molecular complexity index is 247. The first-order chi connectivity index (χ1) is 8.34. The van der Waals surface area contributed by atoms with Crippen molar-refractivity contribution in [1.29, 1.82) is 0 Å². The van der Waals surface area contributed by atoms with Crippen molar-refractivity contribution in [3.63, 3.8) is 0 Å². The molecular weight excluding hydrogens is 357 g/mol. The number of nitrogens with two attached hydrogens (primary N) is 1. The Kier molecular flexibility index (Phi) is 8.46. The zero-order valence-corrected chi connectivity index (χ0v) is 14.2. The molecule has 18 heavy (non-hydrogen) atoms. The van der Waals surface area contributed by atoms with E-state index in [0.29, 0.717) is 17.3 Å². The van der Waals surface area contributed by atoms with Crippen LogP contribution in [0.25, 0.3) is 0 Å². The largest absolute Gasteiger partial charge is 0.370 e. The SMILES string of the molecule is I.NC(=NCC1CCCS1)NC1CCCCCC1. The normalized spacial score (nSPS) is 26.4. The van der Waals surface area contributed by atoms with Crippen LogP contribution in [0.4, 0.5) is 0 Å². The van der Waals surface area contributed by atoms with Crippen LogP contribution in [0.5, 0.6) is 0 Å². The molecule has 3 N–H and O–H groups in total. The highest BCUT2D eigenvalue weighted by Gasteiger charge is 2.16. The summed E-state index contributed by atoms with van der Waals surface area (Å²) >= 11 is 2.04. The van der Waals surface area contributed by atoms with E-state index in [1.807, 2.05) is 11.8 Å². The van der Waals surface area contributed by atoms with Gasteiger partial charge in [0.15, 0.2) is 5.96 Å². The third-order valence-electron chi connectivity index (χ3n) is 3.70. The fourth-order valence-electron chi connectivity index (χ4n) is 2.67. The molecule has 0 radical (unpaired) electrons. The number of nitrogens with one attached hydrogen (secondary N) is 1. The highest BCUT2D eigenvalue weighted by Crippen LogP contribution is 2.26. The molecule has 2 aliphatic rings. The van der Waals surface area contributed by atoms with E-state index in [1.54, 1.807) is 0 Å². The van der Waals surface area contributed by atoms with Crippen LogP contribution in [0.1, 0.15) is 51.4 Å². The van der Waals surface area contributed by atoms with Crippen molar-refractivity contribution in [1.82, 2.24) is 5.32 Å². The predicted octanol–water partition coefficient (Wildman–Crippen LogP) is 3.13. The topological polar surface area (TPSA) is 50.4 Å². The molecule has 5 heteroatoms. The molecular formula is C13H26IN3S. The molecule has 1 saturated carbocycles. The van der Waals surface area contributed by atoms with E-state index in [1.165, 1.54) is 57.1 Å². The van der Waals surface area contributed by atoms with Gasteiger partial charge in [0, 0.05) is 11.3 Å². The van der Waals surface area contributed by atoms with Gasteiger partial charge in [-0.25, -0.2) is 0 Å². The average Bonchev–Trinajstić information content (AvgIpc) is 2.72. The van der Waals surface area contributed by atoms with Gasteiger partial charge in [0.25, 0.3) is 0 Å². The van der Waals surface area contributed by atoms with Gasteiger partial charge in [-0.1, -0.05) is 25.7 Å². The second kappa shape index (κ2) is 9.28. The van der Waals surface area contributed by atoms with E-state index < -0.39 is 0 Å². The smallest absolute Gasteiger partial charge is 0.188 e. The van der Waals surface area contributed by atoms with Crippen LogP contribution >= 0.6 is 35.7 Å². The van der Waals surface area contributed by atoms with Crippen LogP contribution in [-0.2, 0) is 0 Å². The molecule has 0 aromatic heterocycles. The zero-order valence-electron chi connectivity index (χ0n) is 11.1. The molecule has 1 heterocycles. The molecule has 1 aliphatic heterocycles. The standard InChI is InChI=1S/C13H25N3S.HI/c14-13(15-10-12-8-5-9-17-12)16-11-6-3-1-2-4-7-11;/h11-12H,1-10H2,(H3,14,15,16);1H. The molecule has 1 atom stereocenters. The zero-order chi connectivity index (χ0) is 11.9. The number of thioether (sulfide) groups is 1. The first-order valence-corrected chi connectivity index (χ1v) is 8.07. The first kappa shape index (κ1) is 16.4. The van der Waals surface area contributed by atoms with E-state index in [2.05, 4.69) is 10.3 Å². The monoisotopic (exact) mass is 383 g/mol. The van der Waals surface area contributed by atoms with Gasteiger partial charge in [-0.05, 0) is 31.4 Å². The summed E-state index contributed by atoms with van der Waals surface area (Å²) in [6.07, 6.45) is 10.6. The molecule has 2 rings (SSSR count). The summed E-state index contributed by atoms with van der Waals surface area (Å²) in [4.78, 5) is 4.49. The summed E-state index contributed by atoms with van der Waals surface area (Å²) in [6, 6.07) is 0.567. The second-order valence-electron chi connectivity index (χ2n) is 5.19. The van der Waals surface area contributed by atoms with Crippen LogP contribution in [0.3, 0.4) is 0 Å². The van der Waals surface area contributed by atoms with E-state index in [4.69, 9.17) is 5.73 Å². The average molecular weight is 383 g/mol. The van der Waals surface area contributed by atoms with Gasteiger partial charge >= 0.3 is 0 Å². The fourth-order valence-corrected chi connectivity index (χ4v) is 3.85. The van der Waals surface area contributed by atoms with Gasteiger partial charge in [-0.2, -0.15) is 11.8 Å². The van der Waals surface area contributed by atoms with Crippen molar-refractivity contribution in [3.8, 4) is 0 Å². The Morgan fingerprint density at radius 3 is 2.44 bits per heavy atom. The minimum atomic E-state index is 0. The quantitative estimate of drug-likeness (QED) is 0.341. The summed E-state index contributed by atoms with van der Waals surface area (Å²) in [5.41, 5.74) is 5.96. The van der Waals surface area contributed by atoms with Crippen LogP contribution in [0.15, 0.2) is 4.99 Å². The van der Waals surface area contributed by atoms with Gasteiger partial charge in [0.2, 0.25) is 0 Å². The van der Waals surface area contributed by atoms with Crippen molar-refractivity contribution in [2.45, 2.75) is 62.7 Å². The summed E-state index contributed by atoms with van der Waals surface area (Å²) in [5, 5.41) is 4.11. The summed E-state index contributed by atoms with van der Waals surface area (Å²) in [6.45, 7) is 0.899. The number of rotatable bonds is 3. The van der Waals surface area contributed by atoms with Gasteiger partial charge < -0.3 is 11.1 Å². The molecule has 2 fully saturated rings. The van der Waals surface area contributed by atoms with E-state index >= 15 is 0 Å². The van der Waals surface area contributed by atoms with Gasteiger partial charge in [-0.15, -0.1) is 24.0 Å². The maximum Gasteiger partial charge on any atom is 0.188 e. The van der Waals surface area contributed by atoms with Gasteiger partial charge in [0.05, 0.1) is 6.54 Å². The Balaban J connectivity index is 0.00000162. The molecule has 1 aliphatic carbocycles. The maximum atomic E-state index is 5.96. The summed E-state index contributed by atoms with van der Waals surface area (Å²) in [5.74, 6) is 1.97. The van der Waals surface area contributed by atoms with Crippen LogP contribution in [0.2, 0.25) is 0 Å². The van der Waals surface area contributed by atoms with Crippen molar-refractivity contribution in [3.05, 3.63) is 0 Å². The Labute approximate surface area is 132 Å². The fraction of sp³-hybridized carbons (Fsp3) is 0.923. The predicted molar refractivity (Wildman–Crippen MR) is 92.0 cm³/mol. The number of nitrogens with zero attached hydrogens (tertiary/aromatic N) is 1. The van der Waals surface area contributed by atoms with Crippen molar-refractivity contribution < 1.29 is 0 Å². The highest BCUT2D eigenvalue weighted by molar-refractivity contribution is 14.0.